The van der Waals surface area contributed by atoms with Gasteiger partial charge in [-0.1, -0.05) is 22.0 Å². The summed E-state index contributed by atoms with van der Waals surface area (Å²) in [5.74, 6) is 1.06. The van der Waals surface area contributed by atoms with Crippen LogP contribution in [-0.2, 0) is 0 Å². The van der Waals surface area contributed by atoms with Crippen LogP contribution in [0.3, 0.4) is 0 Å². The molecule has 0 saturated carbocycles. The van der Waals surface area contributed by atoms with Gasteiger partial charge in [0.15, 0.2) is 0 Å². The lowest BCUT2D eigenvalue weighted by Gasteiger charge is -2.16. The number of halogens is 2. The van der Waals surface area contributed by atoms with Crippen LogP contribution in [0.25, 0.3) is 0 Å². The number of nitrogens with two attached hydrogens (primary N) is 1. The van der Waals surface area contributed by atoms with E-state index in [1.54, 1.807) is 13.0 Å². The van der Waals surface area contributed by atoms with Crippen molar-refractivity contribution in [3.05, 3.63) is 57.3 Å². The highest BCUT2D eigenvalue weighted by molar-refractivity contribution is 9.10. The predicted molar refractivity (Wildman–Crippen MR) is 82.7 cm³/mol. The Hall–Kier alpha value is -1.39. The molecule has 0 aromatic heterocycles. The largest absolute Gasteiger partial charge is 0.457 e. The minimum atomic E-state index is -0.299. The molecule has 2 aromatic carbocycles. The zero-order valence-electron chi connectivity index (χ0n) is 11.7. The summed E-state index contributed by atoms with van der Waals surface area (Å²) in [5.41, 5.74) is 8.10. The van der Waals surface area contributed by atoms with Gasteiger partial charge in [-0.25, -0.2) is 4.39 Å². The van der Waals surface area contributed by atoms with E-state index in [4.69, 9.17) is 10.5 Å². The number of ether oxygens (including phenoxy) is 1. The minimum absolute atomic E-state index is 0.268. The molecule has 0 aliphatic carbocycles. The van der Waals surface area contributed by atoms with E-state index >= 15 is 0 Å². The number of benzene rings is 2. The van der Waals surface area contributed by atoms with Gasteiger partial charge in [0.05, 0.1) is 0 Å². The molecular weight excluding hydrogens is 321 g/mol. The first-order valence-corrected chi connectivity index (χ1v) is 7.17. The maximum Gasteiger partial charge on any atom is 0.132 e. The highest BCUT2D eigenvalue weighted by Crippen LogP contribution is 2.33. The molecule has 106 valence electrons. The van der Waals surface area contributed by atoms with Crippen LogP contribution in [0.5, 0.6) is 11.5 Å². The van der Waals surface area contributed by atoms with Crippen LogP contribution in [-0.4, -0.2) is 0 Å². The maximum absolute atomic E-state index is 13.7. The van der Waals surface area contributed by atoms with Gasteiger partial charge in [-0.3, -0.25) is 0 Å². The van der Waals surface area contributed by atoms with Crippen LogP contribution in [0, 0.1) is 19.7 Å². The molecule has 0 bridgehead atoms. The van der Waals surface area contributed by atoms with E-state index in [1.807, 2.05) is 32.0 Å². The Morgan fingerprint density at radius 1 is 1.10 bits per heavy atom. The Morgan fingerprint density at radius 3 is 2.45 bits per heavy atom. The van der Waals surface area contributed by atoms with Gasteiger partial charge in [-0.05, 0) is 56.2 Å². The lowest BCUT2D eigenvalue weighted by Crippen LogP contribution is -2.08. The zero-order chi connectivity index (χ0) is 14.9. The smallest absolute Gasteiger partial charge is 0.132 e. The maximum atomic E-state index is 13.7. The Bertz CT molecular complexity index is 641. The molecule has 4 heteroatoms. The van der Waals surface area contributed by atoms with Crippen LogP contribution in [0.2, 0.25) is 0 Å². The summed E-state index contributed by atoms with van der Waals surface area (Å²) in [6.07, 6.45) is 0. The molecule has 0 radical (unpaired) electrons. The molecule has 0 saturated heterocycles. The first-order chi connectivity index (χ1) is 9.38. The summed E-state index contributed by atoms with van der Waals surface area (Å²) < 4.78 is 20.6. The molecular formula is C16H17BrFNO. The SMILES string of the molecule is Cc1cc(Oc2cc(Br)ccc2C)c(C(C)N)cc1F. The average molecular weight is 338 g/mol. The lowest BCUT2D eigenvalue weighted by atomic mass is 10.0. The van der Waals surface area contributed by atoms with Crippen molar-refractivity contribution in [1.29, 1.82) is 0 Å². The van der Waals surface area contributed by atoms with E-state index < -0.39 is 0 Å². The van der Waals surface area contributed by atoms with Gasteiger partial charge in [0.25, 0.3) is 0 Å². The first-order valence-electron chi connectivity index (χ1n) is 6.38. The average Bonchev–Trinajstić information content (AvgIpc) is 2.37. The summed E-state index contributed by atoms with van der Waals surface area (Å²) in [6.45, 7) is 5.48. The summed E-state index contributed by atoms with van der Waals surface area (Å²) >= 11 is 3.42. The van der Waals surface area contributed by atoms with Crippen molar-refractivity contribution in [3.63, 3.8) is 0 Å². The Morgan fingerprint density at radius 2 is 1.80 bits per heavy atom. The Labute approximate surface area is 126 Å². The zero-order valence-corrected chi connectivity index (χ0v) is 13.3. The van der Waals surface area contributed by atoms with Crippen molar-refractivity contribution in [2.24, 2.45) is 5.73 Å². The van der Waals surface area contributed by atoms with E-state index in [-0.39, 0.29) is 11.9 Å². The van der Waals surface area contributed by atoms with Crippen LogP contribution in [0.15, 0.2) is 34.8 Å². The fourth-order valence-electron chi connectivity index (χ4n) is 1.92. The van der Waals surface area contributed by atoms with Crippen LogP contribution in [0.1, 0.15) is 29.7 Å². The number of aryl methyl sites for hydroxylation is 2. The van der Waals surface area contributed by atoms with Gasteiger partial charge in [0.1, 0.15) is 17.3 Å². The monoisotopic (exact) mass is 337 g/mol. The molecule has 20 heavy (non-hydrogen) atoms. The van der Waals surface area contributed by atoms with E-state index in [1.165, 1.54) is 6.07 Å². The predicted octanol–water partition coefficient (Wildman–Crippen LogP) is 5.02. The topological polar surface area (TPSA) is 35.2 Å². The van der Waals surface area contributed by atoms with Crippen molar-refractivity contribution in [3.8, 4) is 11.5 Å². The fourth-order valence-corrected chi connectivity index (χ4v) is 2.26. The second-order valence-electron chi connectivity index (χ2n) is 4.94. The van der Waals surface area contributed by atoms with E-state index in [0.29, 0.717) is 16.9 Å². The van der Waals surface area contributed by atoms with E-state index in [9.17, 15) is 4.39 Å². The number of hydrogen-bond donors (Lipinski definition) is 1. The molecule has 2 N–H and O–H groups in total. The molecule has 2 nitrogen and oxygen atoms in total. The molecule has 1 unspecified atom stereocenters. The fraction of sp³-hybridized carbons (Fsp3) is 0.250. The van der Waals surface area contributed by atoms with E-state index in [0.717, 1.165) is 15.8 Å². The van der Waals surface area contributed by atoms with Gasteiger partial charge < -0.3 is 10.5 Å². The van der Waals surface area contributed by atoms with Gasteiger partial charge in [0, 0.05) is 16.1 Å². The van der Waals surface area contributed by atoms with Crippen LogP contribution >= 0.6 is 15.9 Å². The van der Waals surface area contributed by atoms with Gasteiger partial charge in [-0.2, -0.15) is 0 Å². The summed E-state index contributed by atoms with van der Waals surface area (Å²) in [7, 11) is 0. The molecule has 0 spiro atoms. The molecule has 2 aromatic rings. The molecule has 0 heterocycles. The second-order valence-corrected chi connectivity index (χ2v) is 5.86. The Kier molecular flexibility index (Phi) is 4.45. The summed E-state index contributed by atoms with van der Waals surface area (Å²) in [6, 6.07) is 8.63. The van der Waals surface area contributed by atoms with Crippen molar-refractivity contribution in [2.45, 2.75) is 26.8 Å². The van der Waals surface area contributed by atoms with Crippen molar-refractivity contribution in [1.82, 2.24) is 0 Å². The van der Waals surface area contributed by atoms with Crippen LogP contribution < -0.4 is 10.5 Å². The molecule has 0 aliphatic heterocycles. The number of rotatable bonds is 3. The first kappa shape index (κ1) is 15.0. The van der Waals surface area contributed by atoms with Crippen molar-refractivity contribution < 1.29 is 9.13 Å². The third-order valence-corrected chi connectivity index (χ3v) is 3.64. The highest BCUT2D eigenvalue weighted by Gasteiger charge is 2.14. The minimum Gasteiger partial charge on any atom is -0.457 e. The Balaban J connectivity index is 2.47. The van der Waals surface area contributed by atoms with Crippen molar-refractivity contribution in [2.75, 3.05) is 0 Å². The third kappa shape index (κ3) is 3.19. The normalized spacial score (nSPS) is 12.3. The summed E-state index contributed by atoms with van der Waals surface area (Å²) in [4.78, 5) is 0. The standard InChI is InChI=1S/C16H17BrFNO/c1-9-4-5-12(17)7-15(9)20-16-6-10(2)14(18)8-13(16)11(3)19/h4-8,11H,19H2,1-3H3. The van der Waals surface area contributed by atoms with E-state index in [2.05, 4.69) is 15.9 Å². The second kappa shape index (κ2) is 5.94. The molecule has 0 amide bonds. The molecule has 0 aliphatic rings. The lowest BCUT2D eigenvalue weighted by molar-refractivity contribution is 0.464. The highest BCUT2D eigenvalue weighted by atomic mass is 79.9. The molecule has 1 atom stereocenters. The molecule has 0 fully saturated rings. The van der Waals surface area contributed by atoms with Crippen LogP contribution in [0.4, 0.5) is 4.39 Å². The van der Waals surface area contributed by atoms with Crippen molar-refractivity contribution >= 4 is 15.9 Å². The summed E-state index contributed by atoms with van der Waals surface area (Å²) in [5, 5.41) is 0. The van der Waals surface area contributed by atoms with Gasteiger partial charge >= 0.3 is 0 Å². The third-order valence-electron chi connectivity index (χ3n) is 3.15. The van der Waals surface area contributed by atoms with Gasteiger partial charge in [0.2, 0.25) is 0 Å². The number of hydrogen-bond acceptors (Lipinski definition) is 2. The quantitative estimate of drug-likeness (QED) is 0.853. The molecule has 2 rings (SSSR count). The van der Waals surface area contributed by atoms with Gasteiger partial charge in [-0.15, -0.1) is 0 Å².